The molecule has 4 heteroatoms. The van der Waals surface area contributed by atoms with E-state index in [9.17, 15) is 8.78 Å². The van der Waals surface area contributed by atoms with E-state index < -0.39 is 11.6 Å². The van der Waals surface area contributed by atoms with Crippen molar-refractivity contribution >= 4 is 0 Å². The summed E-state index contributed by atoms with van der Waals surface area (Å²) >= 11 is 0. The Morgan fingerprint density at radius 3 is 2.19 bits per heavy atom. The fourth-order valence-electron chi connectivity index (χ4n) is 2.52. The van der Waals surface area contributed by atoms with E-state index >= 15 is 0 Å². The van der Waals surface area contributed by atoms with Crippen molar-refractivity contribution in [3.8, 4) is 0 Å². The summed E-state index contributed by atoms with van der Waals surface area (Å²) in [6.07, 6.45) is 2.70. The first-order valence-corrected chi connectivity index (χ1v) is 7.99. The summed E-state index contributed by atoms with van der Waals surface area (Å²) < 4.78 is 26.6. The first kappa shape index (κ1) is 18.1. The predicted octanol–water partition coefficient (Wildman–Crippen LogP) is 3.61. The standard InChI is InChI=1S/C17H28F2N2/c1-4-8-20-17(7-9-21(5-2)6-3)12-14-10-15(18)13-16(19)11-14/h10-11,13,17,20H,4-9,12H2,1-3H3. The molecule has 120 valence electrons. The molecule has 0 aliphatic carbocycles. The van der Waals surface area contributed by atoms with Crippen LogP contribution in [0.3, 0.4) is 0 Å². The summed E-state index contributed by atoms with van der Waals surface area (Å²) in [5.74, 6) is -0.994. The molecule has 0 saturated carbocycles. The Balaban J connectivity index is 2.63. The van der Waals surface area contributed by atoms with E-state index in [1.54, 1.807) is 0 Å². The average molecular weight is 298 g/mol. The van der Waals surface area contributed by atoms with E-state index in [2.05, 4.69) is 31.0 Å². The van der Waals surface area contributed by atoms with Crippen molar-refractivity contribution in [2.45, 2.75) is 46.1 Å². The quantitative estimate of drug-likeness (QED) is 0.710. The Kier molecular flexibility index (Phi) is 8.47. The third-order valence-electron chi connectivity index (χ3n) is 3.78. The van der Waals surface area contributed by atoms with Gasteiger partial charge in [-0.25, -0.2) is 8.78 Å². The van der Waals surface area contributed by atoms with Crippen molar-refractivity contribution in [2.24, 2.45) is 0 Å². The Hall–Kier alpha value is -1.00. The molecule has 0 aromatic heterocycles. The molecule has 1 N–H and O–H groups in total. The van der Waals surface area contributed by atoms with Crippen LogP contribution in [0.4, 0.5) is 8.78 Å². The SMILES string of the molecule is CCCNC(CCN(CC)CC)Cc1cc(F)cc(F)c1. The van der Waals surface area contributed by atoms with Crippen molar-refractivity contribution in [1.29, 1.82) is 0 Å². The Morgan fingerprint density at radius 2 is 1.67 bits per heavy atom. The second kappa shape index (κ2) is 9.85. The maximum atomic E-state index is 13.3. The fourth-order valence-corrected chi connectivity index (χ4v) is 2.52. The van der Waals surface area contributed by atoms with E-state index in [0.717, 1.165) is 50.7 Å². The van der Waals surface area contributed by atoms with Gasteiger partial charge in [0, 0.05) is 12.1 Å². The van der Waals surface area contributed by atoms with Gasteiger partial charge in [-0.15, -0.1) is 0 Å². The lowest BCUT2D eigenvalue weighted by Crippen LogP contribution is -2.36. The Labute approximate surface area is 127 Å². The summed E-state index contributed by atoms with van der Waals surface area (Å²) in [6.45, 7) is 10.4. The van der Waals surface area contributed by atoms with Crippen LogP contribution in [-0.4, -0.2) is 37.1 Å². The van der Waals surface area contributed by atoms with E-state index in [0.29, 0.717) is 6.42 Å². The summed E-state index contributed by atoms with van der Waals surface area (Å²) in [7, 11) is 0. The minimum atomic E-state index is -0.497. The van der Waals surface area contributed by atoms with Crippen LogP contribution in [-0.2, 0) is 6.42 Å². The Morgan fingerprint density at radius 1 is 1.05 bits per heavy atom. The zero-order valence-electron chi connectivity index (χ0n) is 13.5. The molecule has 0 amide bonds. The molecule has 2 nitrogen and oxygen atoms in total. The summed E-state index contributed by atoms with van der Waals surface area (Å²) in [5, 5.41) is 3.49. The first-order valence-electron chi connectivity index (χ1n) is 7.99. The van der Waals surface area contributed by atoms with Gasteiger partial charge in [-0.1, -0.05) is 20.8 Å². The molecule has 0 spiro atoms. The third kappa shape index (κ3) is 7.00. The topological polar surface area (TPSA) is 15.3 Å². The van der Waals surface area contributed by atoms with Crippen molar-refractivity contribution < 1.29 is 8.78 Å². The van der Waals surface area contributed by atoms with Crippen LogP contribution in [0.5, 0.6) is 0 Å². The molecule has 1 aromatic rings. The van der Waals surface area contributed by atoms with Crippen LogP contribution < -0.4 is 5.32 Å². The number of benzene rings is 1. The molecule has 0 bridgehead atoms. The fraction of sp³-hybridized carbons (Fsp3) is 0.647. The van der Waals surface area contributed by atoms with Gasteiger partial charge < -0.3 is 10.2 Å². The predicted molar refractivity (Wildman–Crippen MR) is 84.5 cm³/mol. The molecular weight excluding hydrogens is 270 g/mol. The summed E-state index contributed by atoms with van der Waals surface area (Å²) in [5.41, 5.74) is 0.723. The third-order valence-corrected chi connectivity index (χ3v) is 3.78. The van der Waals surface area contributed by atoms with Gasteiger partial charge in [0.05, 0.1) is 0 Å². The average Bonchev–Trinajstić information content (AvgIpc) is 2.44. The highest BCUT2D eigenvalue weighted by Gasteiger charge is 2.12. The molecule has 1 aromatic carbocycles. The molecule has 0 heterocycles. The van der Waals surface area contributed by atoms with Gasteiger partial charge in [0.25, 0.3) is 0 Å². The number of hydrogen-bond acceptors (Lipinski definition) is 2. The number of rotatable bonds is 10. The second-order valence-electron chi connectivity index (χ2n) is 5.45. The van der Waals surface area contributed by atoms with Crippen molar-refractivity contribution in [3.05, 3.63) is 35.4 Å². The van der Waals surface area contributed by atoms with Gasteiger partial charge in [-0.2, -0.15) is 0 Å². The number of nitrogens with zero attached hydrogens (tertiary/aromatic N) is 1. The first-order chi connectivity index (χ1) is 10.1. The maximum Gasteiger partial charge on any atom is 0.126 e. The zero-order valence-corrected chi connectivity index (χ0v) is 13.5. The van der Waals surface area contributed by atoms with E-state index in [-0.39, 0.29) is 6.04 Å². The molecule has 0 aliphatic rings. The lowest BCUT2D eigenvalue weighted by molar-refractivity contribution is 0.280. The number of hydrogen-bond donors (Lipinski definition) is 1. The lowest BCUT2D eigenvalue weighted by Gasteiger charge is -2.24. The van der Waals surface area contributed by atoms with Crippen LogP contribution in [0.2, 0.25) is 0 Å². The van der Waals surface area contributed by atoms with Crippen LogP contribution in [0.25, 0.3) is 0 Å². The zero-order chi connectivity index (χ0) is 15.7. The number of halogens is 2. The van der Waals surface area contributed by atoms with Gasteiger partial charge in [0.1, 0.15) is 11.6 Å². The van der Waals surface area contributed by atoms with Gasteiger partial charge >= 0.3 is 0 Å². The minimum Gasteiger partial charge on any atom is -0.314 e. The normalized spacial score (nSPS) is 12.9. The smallest absolute Gasteiger partial charge is 0.126 e. The Bertz CT molecular complexity index is 386. The molecule has 0 fully saturated rings. The largest absolute Gasteiger partial charge is 0.314 e. The van der Waals surface area contributed by atoms with Gasteiger partial charge in [0.15, 0.2) is 0 Å². The van der Waals surface area contributed by atoms with E-state index in [1.165, 1.54) is 12.1 Å². The molecule has 21 heavy (non-hydrogen) atoms. The molecule has 1 atom stereocenters. The maximum absolute atomic E-state index is 13.3. The van der Waals surface area contributed by atoms with Crippen LogP contribution in [0, 0.1) is 11.6 Å². The van der Waals surface area contributed by atoms with Crippen LogP contribution in [0.1, 0.15) is 39.2 Å². The lowest BCUT2D eigenvalue weighted by atomic mass is 10.0. The monoisotopic (exact) mass is 298 g/mol. The highest BCUT2D eigenvalue weighted by Crippen LogP contribution is 2.12. The second-order valence-corrected chi connectivity index (χ2v) is 5.45. The molecule has 1 unspecified atom stereocenters. The molecule has 1 rings (SSSR count). The van der Waals surface area contributed by atoms with E-state index in [1.807, 2.05) is 0 Å². The molecule has 0 radical (unpaired) electrons. The minimum absolute atomic E-state index is 0.256. The van der Waals surface area contributed by atoms with Crippen LogP contribution >= 0.6 is 0 Å². The van der Waals surface area contributed by atoms with Crippen LogP contribution in [0.15, 0.2) is 18.2 Å². The van der Waals surface area contributed by atoms with Gasteiger partial charge in [0.2, 0.25) is 0 Å². The van der Waals surface area contributed by atoms with Crippen molar-refractivity contribution in [3.63, 3.8) is 0 Å². The molecule has 0 aliphatic heterocycles. The van der Waals surface area contributed by atoms with Gasteiger partial charge in [-0.3, -0.25) is 0 Å². The summed E-state index contributed by atoms with van der Waals surface area (Å²) in [4.78, 5) is 2.37. The van der Waals surface area contributed by atoms with Crippen molar-refractivity contribution in [1.82, 2.24) is 10.2 Å². The van der Waals surface area contributed by atoms with Gasteiger partial charge in [-0.05, 0) is 63.1 Å². The highest BCUT2D eigenvalue weighted by atomic mass is 19.1. The number of nitrogens with one attached hydrogen (secondary N) is 1. The highest BCUT2D eigenvalue weighted by molar-refractivity contribution is 5.19. The van der Waals surface area contributed by atoms with Crippen molar-refractivity contribution in [2.75, 3.05) is 26.2 Å². The molecule has 0 saturated heterocycles. The summed E-state index contributed by atoms with van der Waals surface area (Å²) in [6, 6.07) is 4.04. The van der Waals surface area contributed by atoms with E-state index in [4.69, 9.17) is 0 Å². The molecular formula is C17H28F2N2.